The lowest BCUT2D eigenvalue weighted by molar-refractivity contribution is -0.136. The maximum absolute atomic E-state index is 12.7. The van der Waals surface area contributed by atoms with Crippen LogP contribution in [0, 0.1) is 0 Å². The Bertz CT molecular complexity index is 487. The molecule has 3 N–H and O–H groups in total. The maximum atomic E-state index is 12.7. The predicted molar refractivity (Wildman–Crippen MR) is 68.3 cm³/mol. The first-order valence-corrected chi connectivity index (χ1v) is 5.93. The second kappa shape index (κ2) is 5.79. The van der Waals surface area contributed by atoms with E-state index < -0.39 is 23.2 Å². The zero-order valence-corrected chi connectivity index (χ0v) is 11.2. The normalized spacial score (nSPS) is 11.9. The van der Waals surface area contributed by atoms with Crippen LogP contribution in [0.25, 0.3) is 0 Å². The minimum atomic E-state index is -4.64. The molecule has 0 saturated heterocycles. The fraction of sp³-hybridized carbons (Fsp3) is 0.417. The Hall–Kier alpha value is -1.27. The first-order valence-electron chi connectivity index (χ1n) is 5.55. The molecule has 0 saturated carbocycles. The van der Waals surface area contributed by atoms with Gasteiger partial charge in [-0.05, 0) is 12.1 Å². The molecule has 0 atom stereocenters. The van der Waals surface area contributed by atoms with E-state index in [0.29, 0.717) is 0 Å². The summed E-state index contributed by atoms with van der Waals surface area (Å²) in [4.78, 5) is 11.8. The zero-order chi connectivity index (χ0) is 14.8. The maximum Gasteiger partial charge on any atom is 0.418 e. The molecule has 0 amide bonds. The zero-order valence-electron chi connectivity index (χ0n) is 10.4. The summed E-state index contributed by atoms with van der Waals surface area (Å²) in [6.45, 7) is 3.59. The largest absolute Gasteiger partial charge is 0.418 e. The van der Waals surface area contributed by atoms with Crippen molar-refractivity contribution < 1.29 is 18.0 Å². The third-order valence-electron chi connectivity index (χ3n) is 2.43. The molecule has 0 spiro atoms. The molecule has 0 bridgehead atoms. The van der Waals surface area contributed by atoms with E-state index in [4.69, 9.17) is 17.3 Å². The van der Waals surface area contributed by atoms with Gasteiger partial charge in [-0.1, -0.05) is 25.4 Å². The van der Waals surface area contributed by atoms with Gasteiger partial charge in [-0.3, -0.25) is 4.79 Å². The number of nitrogens with two attached hydrogens (primary N) is 1. The average molecular weight is 295 g/mol. The summed E-state index contributed by atoms with van der Waals surface area (Å²) < 4.78 is 38.2. The van der Waals surface area contributed by atoms with Crippen molar-refractivity contribution in [2.45, 2.75) is 26.1 Å². The van der Waals surface area contributed by atoms with Crippen LogP contribution in [0.1, 0.15) is 29.8 Å². The van der Waals surface area contributed by atoms with Crippen LogP contribution in [0.3, 0.4) is 0 Å². The van der Waals surface area contributed by atoms with Crippen LogP contribution in [-0.4, -0.2) is 18.4 Å². The van der Waals surface area contributed by atoms with Crippen LogP contribution in [0.15, 0.2) is 12.1 Å². The summed E-state index contributed by atoms with van der Waals surface area (Å²) >= 11 is 5.63. The van der Waals surface area contributed by atoms with Crippen LogP contribution >= 0.6 is 11.6 Å². The van der Waals surface area contributed by atoms with Gasteiger partial charge in [0.1, 0.15) is 0 Å². The molecule has 0 aromatic heterocycles. The van der Waals surface area contributed by atoms with Gasteiger partial charge in [0.2, 0.25) is 0 Å². The Morgan fingerprint density at radius 3 is 2.47 bits per heavy atom. The molecule has 0 fully saturated rings. The third kappa shape index (κ3) is 4.11. The van der Waals surface area contributed by atoms with Crippen LogP contribution in [0.2, 0.25) is 5.02 Å². The molecule has 1 aromatic rings. The van der Waals surface area contributed by atoms with E-state index in [1.54, 1.807) is 0 Å². The van der Waals surface area contributed by atoms with E-state index in [1.165, 1.54) is 0 Å². The van der Waals surface area contributed by atoms with Gasteiger partial charge in [-0.25, -0.2) is 0 Å². The molecule has 19 heavy (non-hydrogen) atoms. The van der Waals surface area contributed by atoms with Crippen LogP contribution < -0.4 is 11.1 Å². The number of anilines is 1. The highest BCUT2D eigenvalue weighted by Crippen LogP contribution is 2.37. The summed E-state index contributed by atoms with van der Waals surface area (Å²) in [7, 11) is 0. The minimum Gasteiger partial charge on any atom is -0.397 e. The van der Waals surface area contributed by atoms with E-state index in [0.717, 1.165) is 12.1 Å². The van der Waals surface area contributed by atoms with Crippen molar-refractivity contribution in [3.8, 4) is 0 Å². The number of Topliss-reactive ketones (excluding diaryl/α,β-unsaturated/α-hetero) is 1. The molecule has 0 unspecified atom stereocenters. The SMILES string of the molecule is CC(C)NCC(=O)c1cc(Cl)c(N)c(C(F)(F)F)c1. The summed E-state index contributed by atoms with van der Waals surface area (Å²) in [6, 6.07) is 1.93. The van der Waals surface area contributed by atoms with Gasteiger partial charge in [0, 0.05) is 11.6 Å². The van der Waals surface area contributed by atoms with Gasteiger partial charge >= 0.3 is 6.18 Å². The number of halogens is 4. The number of benzene rings is 1. The summed E-state index contributed by atoms with van der Waals surface area (Å²) in [5.74, 6) is -0.471. The van der Waals surface area contributed by atoms with Crippen LogP contribution in [0.5, 0.6) is 0 Å². The Morgan fingerprint density at radius 1 is 1.42 bits per heavy atom. The number of ketones is 1. The summed E-state index contributed by atoms with van der Waals surface area (Å²) in [5, 5.41) is 2.56. The van der Waals surface area contributed by atoms with E-state index in [9.17, 15) is 18.0 Å². The molecular formula is C12H14ClF3N2O. The number of nitrogens with one attached hydrogen (secondary N) is 1. The topological polar surface area (TPSA) is 55.1 Å². The lowest BCUT2D eigenvalue weighted by Gasteiger charge is -2.13. The number of hydrogen-bond donors (Lipinski definition) is 2. The summed E-state index contributed by atoms with van der Waals surface area (Å²) in [6.07, 6.45) is -4.64. The molecule has 1 rings (SSSR count). The number of carbonyl (C=O) groups excluding carboxylic acids is 1. The Labute approximate surface area is 113 Å². The van der Waals surface area contributed by atoms with Gasteiger partial charge in [-0.15, -0.1) is 0 Å². The lowest BCUT2D eigenvalue weighted by Crippen LogP contribution is -2.29. The summed E-state index contributed by atoms with van der Waals surface area (Å²) in [5.41, 5.74) is 3.51. The number of hydrogen-bond acceptors (Lipinski definition) is 3. The number of carbonyl (C=O) groups is 1. The second-order valence-electron chi connectivity index (χ2n) is 4.38. The smallest absolute Gasteiger partial charge is 0.397 e. The molecule has 0 aliphatic rings. The van der Waals surface area contributed by atoms with Gasteiger partial charge in [0.15, 0.2) is 5.78 Å². The lowest BCUT2D eigenvalue weighted by atomic mass is 10.0. The van der Waals surface area contributed by atoms with E-state index in [-0.39, 0.29) is 23.2 Å². The van der Waals surface area contributed by atoms with Crippen molar-refractivity contribution in [2.75, 3.05) is 12.3 Å². The predicted octanol–water partition coefficient (Wildman–Crippen LogP) is 3.12. The highest BCUT2D eigenvalue weighted by Gasteiger charge is 2.34. The van der Waals surface area contributed by atoms with Gasteiger partial charge in [0.05, 0.1) is 22.8 Å². The minimum absolute atomic E-state index is 0.0512. The van der Waals surface area contributed by atoms with Crippen molar-refractivity contribution in [1.82, 2.24) is 5.32 Å². The van der Waals surface area contributed by atoms with Crippen molar-refractivity contribution in [3.63, 3.8) is 0 Å². The molecule has 0 aliphatic heterocycles. The van der Waals surface area contributed by atoms with Gasteiger partial charge in [-0.2, -0.15) is 13.2 Å². The molecule has 0 radical (unpaired) electrons. The molecule has 106 valence electrons. The first-order chi connectivity index (χ1) is 8.62. The number of rotatable bonds is 4. The molecular weight excluding hydrogens is 281 g/mol. The van der Waals surface area contributed by atoms with E-state index in [2.05, 4.69) is 5.32 Å². The quantitative estimate of drug-likeness (QED) is 0.662. The molecule has 0 heterocycles. The fourth-order valence-corrected chi connectivity index (χ4v) is 1.63. The molecule has 7 heteroatoms. The standard InChI is InChI=1S/C12H14ClF3N2O/c1-6(2)18-5-10(19)7-3-8(12(14,15)16)11(17)9(13)4-7/h3-4,6,18H,5,17H2,1-2H3. The first kappa shape index (κ1) is 15.8. The Morgan fingerprint density at radius 2 is 2.00 bits per heavy atom. The van der Waals surface area contributed by atoms with Crippen LogP contribution in [0.4, 0.5) is 18.9 Å². The Kier molecular flexibility index (Phi) is 4.81. The van der Waals surface area contributed by atoms with Crippen molar-refractivity contribution >= 4 is 23.1 Å². The Balaban J connectivity index is 3.10. The fourth-order valence-electron chi connectivity index (χ4n) is 1.41. The monoisotopic (exact) mass is 294 g/mol. The highest BCUT2D eigenvalue weighted by atomic mass is 35.5. The van der Waals surface area contributed by atoms with Crippen molar-refractivity contribution in [2.24, 2.45) is 0 Å². The third-order valence-corrected chi connectivity index (χ3v) is 2.74. The van der Waals surface area contributed by atoms with E-state index in [1.807, 2.05) is 13.8 Å². The number of alkyl halides is 3. The molecule has 1 aromatic carbocycles. The van der Waals surface area contributed by atoms with Crippen LogP contribution in [-0.2, 0) is 6.18 Å². The van der Waals surface area contributed by atoms with Gasteiger partial charge < -0.3 is 11.1 Å². The molecule has 3 nitrogen and oxygen atoms in total. The van der Waals surface area contributed by atoms with Crippen molar-refractivity contribution in [1.29, 1.82) is 0 Å². The number of nitrogen functional groups attached to an aromatic ring is 1. The van der Waals surface area contributed by atoms with Gasteiger partial charge in [0.25, 0.3) is 0 Å². The average Bonchev–Trinajstić information content (AvgIpc) is 2.27. The highest BCUT2D eigenvalue weighted by molar-refractivity contribution is 6.33. The van der Waals surface area contributed by atoms with Crippen molar-refractivity contribution in [3.05, 3.63) is 28.3 Å². The second-order valence-corrected chi connectivity index (χ2v) is 4.78. The van der Waals surface area contributed by atoms with E-state index >= 15 is 0 Å². The molecule has 0 aliphatic carbocycles.